The Bertz CT molecular complexity index is 154. The van der Waals surface area contributed by atoms with Gasteiger partial charge in [-0.3, -0.25) is 0 Å². The van der Waals surface area contributed by atoms with Crippen molar-refractivity contribution in [3.8, 4) is 0 Å². The zero-order chi connectivity index (χ0) is 10.9. The van der Waals surface area contributed by atoms with Crippen LogP contribution in [0.2, 0.25) is 0 Å². The smallest absolute Gasteiger partial charge is 0.0698 e. The first kappa shape index (κ1) is 12.9. The first-order valence-electron chi connectivity index (χ1n) is 5.92. The molecule has 1 saturated heterocycles. The van der Waals surface area contributed by atoms with E-state index in [0.29, 0.717) is 6.61 Å². The molecule has 1 heterocycles. The van der Waals surface area contributed by atoms with Crippen molar-refractivity contribution in [3.05, 3.63) is 0 Å². The third-order valence-electron chi connectivity index (χ3n) is 2.88. The molecule has 1 aliphatic rings. The van der Waals surface area contributed by atoms with Crippen molar-refractivity contribution in [1.29, 1.82) is 0 Å². The molecule has 90 valence electrons. The number of likely N-dealkylation sites (tertiary alicyclic amines) is 1. The van der Waals surface area contributed by atoms with E-state index in [1.165, 1.54) is 25.9 Å². The number of hydrogen-bond acceptors (Lipinski definition) is 4. The van der Waals surface area contributed by atoms with Crippen LogP contribution in [-0.4, -0.2) is 63.1 Å². The molecule has 4 heteroatoms. The molecule has 1 atom stereocenters. The molecule has 0 radical (unpaired) electrons. The SMILES string of the molecule is CNCC1CCCN(CCOCCO)C1. The van der Waals surface area contributed by atoms with Gasteiger partial charge in [0.2, 0.25) is 0 Å². The average molecular weight is 216 g/mol. The highest BCUT2D eigenvalue weighted by atomic mass is 16.5. The predicted molar refractivity (Wildman–Crippen MR) is 61.0 cm³/mol. The molecule has 2 N–H and O–H groups in total. The summed E-state index contributed by atoms with van der Waals surface area (Å²) in [5.41, 5.74) is 0. The van der Waals surface area contributed by atoms with Gasteiger partial charge in [-0.2, -0.15) is 0 Å². The highest BCUT2D eigenvalue weighted by molar-refractivity contribution is 4.73. The molecular formula is C11H24N2O2. The summed E-state index contributed by atoms with van der Waals surface area (Å²) in [5.74, 6) is 0.793. The monoisotopic (exact) mass is 216 g/mol. The quantitative estimate of drug-likeness (QED) is 0.585. The molecule has 1 fully saturated rings. The molecular weight excluding hydrogens is 192 g/mol. The number of nitrogens with one attached hydrogen (secondary N) is 1. The number of ether oxygens (including phenoxy) is 1. The Morgan fingerprint density at radius 2 is 2.33 bits per heavy atom. The van der Waals surface area contributed by atoms with E-state index < -0.39 is 0 Å². The summed E-state index contributed by atoms with van der Waals surface area (Å²) in [6.45, 7) is 5.84. The Morgan fingerprint density at radius 1 is 1.47 bits per heavy atom. The van der Waals surface area contributed by atoms with Gasteiger partial charge in [0.15, 0.2) is 0 Å². The van der Waals surface area contributed by atoms with Crippen LogP contribution in [0.1, 0.15) is 12.8 Å². The van der Waals surface area contributed by atoms with Crippen molar-refractivity contribution in [1.82, 2.24) is 10.2 Å². The summed E-state index contributed by atoms with van der Waals surface area (Å²) < 4.78 is 5.27. The number of hydrogen-bond donors (Lipinski definition) is 2. The highest BCUT2D eigenvalue weighted by Crippen LogP contribution is 2.14. The van der Waals surface area contributed by atoms with E-state index in [0.717, 1.165) is 25.6 Å². The van der Waals surface area contributed by atoms with Gasteiger partial charge >= 0.3 is 0 Å². The van der Waals surface area contributed by atoms with Crippen molar-refractivity contribution in [2.45, 2.75) is 12.8 Å². The molecule has 1 rings (SSSR count). The van der Waals surface area contributed by atoms with Gasteiger partial charge in [-0.25, -0.2) is 0 Å². The van der Waals surface area contributed by atoms with E-state index in [1.54, 1.807) is 0 Å². The minimum Gasteiger partial charge on any atom is -0.394 e. The summed E-state index contributed by atoms with van der Waals surface area (Å²) in [4.78, 5) is 2.46. The molecule has 15 heavy (non-hydrogen) atoms. The lowest BCUT2D eigenvalue weighted by Crippen LogP contribution is -2.40. The van der Waals surface area contributed by atoms with E-state index in [2.05, 4.69) is 10.2 Å². The summed E-state index contributed by atoms with van der Waals surface area (Å²) in [7, 11) is 2.02. The molecule has 1 unspecified atom stereocenters. The number of aliphatic hydroxyl groups excluding tert-OH is 1. The van der Waals surface area contributed by atoms with Crippen LogP contribution < -0.4 is 5.32 Å². The van der Waals surface area contributed by atoms with Gasteiger partial charge in [-0.1, -0.05) is 0 Å². The van der Waals surface area contributed by atoms with E-state index in [4.69, 9.17) is 9.84 Å². The van der Waals surface area contributed by atoms with Gasteiger partial charge in [0.25, 0.3) is 0 Å². The highest BCUT2D eigenvalue weighted by Gasteiger charge is 2.18. The van der Waals surface area contributed by atoms with Crippen molar-refractivity contribution in [2.24, 2.45) is 5.92 Å². The van der Waals surface area contributed by atoms with Crippen LogP contribution in [0.4, 0.5) is 0 Å². The van der Waals surface area contributed by atoms with Crippen LogP contribution >= 0.6 is 0 Å². The second kappa shape index (κ2) is 8.05. The average Bonchev–Trinajstić information content (AvgIpc) is 2.26. The van der Waals surface area contributed by atoms with Gasteiger partial charge in [-0.15, -0.1) is 0 Å². The van der Waals surface area contributed by atoms with Gasteiger partial charge in [-0.05, 0) is 38.9 Å². The van der Waals surface area contributed by atoms with E-state index in [-0.39, 0.29) is 6.61 Å². The standard InChI is InChI=1S/C11H24N2O2/c1-12-9-11-3-2-4-13(10-11)5-7-15-8-6-14/h11-12,14H,2-10H2,1H3. The maximum atomic E-state index is 8.57. The summed E-state index contributed by atoms with van der Waals surface area (Å²) in [5, 5.41) is 11.8. The molecule has 0 saturated carbocycles. The summed E-state index contributed by atoms with van der Waals surface area (Å²) >= 11 is 0. The molecule has 0 amide bonds. The first-order valence-corrected chi connectivity index (χ1v) is 5.92. The van der Waals surface area contributed by atoms with Crippen LogP contribution in [0.5, 0.6) is 0 Å². The predicted octanol–water partition coefficient (Wildman–Crippen LogP) is -0.0733. The molecule has 0 bridgehead atoms. The Morgan fingerprint density at radius 3 is 3.07 bits per heavy atom. The number of aliphatic hydroxyl groups is 1. The number of piperidine rings is 1. The first-order chi connectivity index (χ1) is 7.36. The van der Waals surface area contributed by atoms with Crippen LogP contribution in [0, 0.1) is 5.92 Å². The third-order valence-corrected chi connectivity index (χ3v) is 2.88. The van der Waals surface area contributed by atoms with Crippen LogP contribution in [0.15, 0.2) is 0 Å². The largest absolute Gasteiger partial charge is 0.394 e. The maximum Gasteiger partial charge on any atom is 0.0698 e. The second-order valence-corrected chi connectivity index (χ2v) is 4.20. The lowest BCUT2D eigenvalue weighted by atomic mass is 9.98. The summed E-state index contributed by atoms with van der Waals surface area (Å²) in [6, 6.07) is 0. The molecule has 0 aromatic carbocycles. The van der Waals surface area contributed by atoms with Gasteiger partial charge < -0.3 is 20.1 Å². The van der Waals surface area contributed by atoms with Crippen molar-refractivity contribution < 1.29 is 9.84 Å². The maximum absolute atomic E-state index is 8.57. The zero-order valence-electron chi connectivity index (χ0n) is 9.74. The topological polar surface area (TPSA) is 44.7 Å². The Kier molecular flexibility index (Phi) is 6.92. The Hall–Kier alpha value is -0.160. The number of rotatable bonds is 7. The molecule has 0 aromatic heterocycles. The molecule has 4 nitrogen and oxygen atoms in total. The molecule has 1 aliphatic heterocycles. The van der Waals surface area contributed by atoms with Crippen molar-refractivity contribution in [3.63, 3.8) is 0 Å². The van der Waals surface area contributed by atoms with Gasteiger partial charge in [0.1, 0.15) is 0 Å². The molecule has 0 aromatic rings. The van der Waals surface area contributed by atoms with Crippen LogP contribution in [0.25, 0.3) is 0 Å². The number of nitrogens with zero attached hydrogens (tertiary/aromatic N) is 1. The normalized spacial score (nSPS) is 23.2. The van der Waals surface area contributed by atoms with Gasteiger partial charge in [0, 0.05) is 13.1 Å². The van der Waals surface area contributed by atoms with E-state index in [1.807, 2.05) is 7.05 Å². The second-order valence-electron chi connectivity index (χ2n) is 4.20. The Labute approximate surface area is 92.6 Å². The molecule has 0 aliphatic carbocycles. The van der Waals surface area contributed by atoms with Crippen molar-refractivity contribution in [2.75, 3.05) is 53.0 Å². The lowest BCUT2D eigenvalue weighted by molar-refractivity contribution is 0.0627. The fourth-order valence-electron chi connectivity index (χ4n) is 2.17. The lowest BCUT2D eigenvalue weighted by Gasteiger charge is -2.32. The molecule has 0 spiro atoms. The minimum absolute atomic E-state index is 0.127. The minimum atomic E-state index is 0.127. The summed E-state index contributed by atoms with van der Waals surface area (Å²) in [6.07, 6.45) is 2.64. The third kappa shape index (κ3) is 5.47. The van der Waals surface area contributed by atoms with E-state index >= 15 is 0 Å². The van der Waals surface area contributed by atoms with E-state index in [9.17, 15) is 0 Å². The van der Waals surface area contributed by atoms with Gasteiger partial charge in [0.05, 0.1) is 19.8 Å². The van der Waals surface area contributed by atoms with Crippen LogP contribution in [-0.2, 0) is 4.74 Å². The fraction of sp³-hybridized carbons (Fsp3) is 1.00. The fourth-order valence-corrected chi connectivity index (χ4v) is 2.17. The zero-order valence-corrected chi connectivity index (χ0v) is 9.74. The van der Waals surface area contributed by atoms with Crippen LogP contribution in [0.3, 0.4) is 0 Å². The van der Waals surface area contributed by atoms with Crippen molar-refractivity contribution >= 4 is 0 Å². The Balaban J connectivity index is 2.07.